The lowest BCUT2D eigenvalue weighted by Crippen LogP contribution is -2.15. The average molecular weight is 264 g/mol. The Bertz CT molecular complexity index is 517. The number of benzene rings is 1. The molecule has 2 aromatic rings. The number of aromatic nitrogens is 1. The summed E-state index contributed by atoms with van der Waals surface area (Å²) in [6.07, 6.45) is 1.62. The molecule has 18 heavy (non-hydrogen) atoms. The number of rotatable bonds is 4. The van der Waals surface area contributed by atoms with Gasteiger partial charge in [0.05, 0.1) is 5.56 Å². The van der Waals surface area contributed by atoms with E-state index < -0.39 is 5.91 Å². The van der Waals surface area contributed by atoms with E-state index in [0.717, 1.165) is 5.56 Å². The minimum absolute atomic E-state index is 0. The molecule has 0 atom stereocenters. The molecule has 5 heteroatoms. The van der Waals surface area contributed by atoms with Gasteiger partial charge in [-0.15, -0.1) is 12.4 Å². The van der Waals surface area contributed by atoms with Crippen molar-refractivity contribution in [1.29, 1.82) is 0 Å². The predicted molar refractivity (Wildman–Crippen MR) is 73.8 cm³/mol. The first-order chi connectivity index (χ1) is 8.27. The highest BCUT2D eigenvalue weighted by Gasteiger charge is 2.07. The summed E-state index contributed by atoms with van der Waals surface area (Å²) in [7, 11) is 0. The molecule has 1 heterocycles. The molecule has 0 spiro atoms. The van der Waals surface area contributed by atoms with Crippen molar-refractivity contribution in [3.8, 4) is 0 Å². The summed E-state index contributed by atoms with van der Waals surface area (Å²) in [4.78, 5) is 15.3. The number of anilines is 1. The molecule has 4 nitrogen and oxygen atoms in total. The van der Waals surface area contributed by atoms with Crippen molar-refractivity contribution in [2.24, 2.45) is 5.73 Å². The number of pyridine rings is 1. The minimum atomic E-state index is -0.478. The van der Waals surface area contributed by atoms with Gasteiger partial charge < -0.3 is 11.1 Å². The SMILES string of the molecule is Cl.NC(=O)c1cccnc1NCc1ccccc1. The van der Waals surface area contributed by atoms with Crippen molar-refractivity contribution in [3.05, 3.63) is 59.8 Å². The Kier molecular flexibility index (Phi) is 5.14. The maximum Gasteiger partial charge on any atom is 0.252 e. The molecule has 94 valence electrons. The van der Waals surface area contributed by atoms with Crippen LogP contribution >= 0.6 is 12.4 Å². The number of halogens is 1. The van der Waals surface area contributed by atoms with Crippen LogP contribution in [0.25, 0.3) is 0 Å². The fraction of sp³-hybridized carbons (Fsp3) is 0.0769. The first-order valence-corrected chi connectivity index (χ1v) is 5.30. The Morgan fingerprint density at radius 2 is 1.89 bits per heavy atom. The van der Waals surface area contributed by atoms with Crippen molar-refractivity contribution >= 4 is 24.1 Å². The van der Waals surface area contributed by atoms with Crippen LogP contribution in [0, 0.1) is 0 Å². The van der Waals surface area contributed by atoms with Crippen LogP contribution in [0.4, 0.5) is 5.82 Å². The molecule has 0 saturated carbocycles. The Morgan fingerprint density at radius 1 is 1.17 bits per heavy atom. The third-order valence-corrected chi connectivity index (χ3v) is 2.38. The first kappa shape index (κ1) is 14.0. The van der Waals surface area contributed by atoms with E-state index in [1.54, 1.807) is 18.3 Å². The van der Waals surface area contributed by atoms with Crippen molar-refractivity contribution in [1.82, 2.24) is 4.98 Å². The predicted octanol–water partition coefficient (Wildman–Crippen LogP) is 2.21. The van der Waals surface area contributed by atoms with Gasteiger partial charge in [0.15, 0.2) is 0 Å². The molecule has 1 amide bonds. The molecular weight excluding hydrogens is 250 g/mol. The van der Waals surface area contributed by atoms with Crippen LogP contribution in [0.5, 0.6) is 0 Å². The van der Waals surface area contributed by atoms with E-state index in [2.05, 4.69) is 10.3 Å². The quantitative estimate of drug-likeness (QED) is 0.889. The van der Waals surface area contributed by atoms with E-state index in [1.807, 2.05) is 30.3 Å². The number of nitrogens with zero attached hydrogens (tertiary/aromatic N) is 1. The van der Waals surface area contributed by atoms with Gasteiger partial charge in [0.25, 0.3) is 5.91 Å². The summed E-state index contributed by atoms with van der Waals surface area (Å²) in [5.41, 5.74) is 6.79. The van der Waals surface area contributed by atoms with Gasteiger partial charge in [-0.05, 0) is 17.7 Å². The molecule has 1 aromatic carbocycles. The highest BCUT2D eigenvalue weighted by molar-refractivity contribution is 5.97. The molecule has 0 radical (unpaired) electrons. The third-order valence-electron chi connectivity index (χ3n) is 2.38. The van der Waals surface area contributed by atoms with Crippen LogP contribution in [0.1, 0.15) is 15.9 Å². The Labute approximate surface area is 112 Å². The van der Waals surface area contributed by atoms with E-state index in [-0.39, 0.29) is 12.4 Å². The molecule has 0 unspecified atom stereocenters. The van der Waals surface area contributed by atoms with Crippen molar-refractivity contribution in [3.63, 3.8) is 0 Å². The van der Waals surface area contributed by atoms with Crippen LogP contribution < -0.4 is 11.1 Å². The van der Waals surface area contributed by atoms with E-state index in [1.165, 1.54) is 0 Å². The van der Waals surface area contributed by atoms with Gasteiger partial charge in [0.1, 0.15) is 5.82 Å². The summed E-state index contributed by atoms with van der Waals surface area (Å²) >= 11 is 0. The summed E-state index contributed by atoms with van der Waals surface area (Å²) < 4.78 is 0. The third kappa shape index (κ3) is 3.46. The summed E-state index contributed by atoms with van der Waals surface area (Å²) in [6.45, 7) is 0.609. The number of carbonyl (C=O) groups excluding carboxylic acids is 1. The van der Waals surface area contributed by atoms with Gasteiger partial charge in [0.2, 0.25) is 0 Å². The lowest BCUT2D eigenvalue weighted by Gasteiger charge is -2.08. The second-order valence-electron chi connectivity index (χ2n) is 3.60. The molecule has 1 aromatic heterocycles. The van der Waals surface area contributed by atoms with Gasteiger partial charge in [-0.2, -0.15) is 0 Å². The fourth-order valence-corrected chi connectivity index (χ4v) is 1.53. The standard InChI is InChI=1S/C13H13N3O.ClH/c14-12(17)11-7-4-8-15-13(11)16-9-10-5-2-1-3-6-10;/h1-8H,9H2,(H2,14,17)(H,15,16);1H. The number of primary amides is 1. The van der Waals surface area contributed by atoms with E-state index in [9.17, 15) is 4.79 Å². The van der Waals surface area contributed by atoms with Gasteiger partial charge >= 0.3 is 0 Å². The monoisotopic (exact) mass is 263 g/mol. The summed E-state index contributed by atoms with van der Waals surface area (Å²) in [5.74, 6) is 0.0394. The van der Waals surface area contributed by atoms with Gasteiger partial charge in [0, 0.05) is 12.7 Å². The van der Waals surface area contributed by atoms with Crippen LogP contribution in [0.3, 0.4) is 0 Å². The Morgan fingerprint density at radius 3 is 2.56 bits per heavy atom. The van der Waals surface area contributed by atoms with Crippen LogP contribution in [-0.4, -0.2) is 10.9 Å². The van der Waals surface area contributed by atoms with Crippen LogP contribution in [-0.2, 0) is 6.54 Å². The van der Waals surface area contributed by atoms with Gasteiger partial charge in [-0.25, -0.2) is 4.98 Å². The van der Waals surface area contributed by atoms with E-state index in [4.69, 9.17) is 5.73 Å². The van der Waals surface area contributed by atoms with E-state index in [0.29, 0.717) is 17.9 Å². The topological polar surface area (TPSA) is 68.0 Å². The Balaban J connectivity index is 0.00000162. The molecule has 0 aliphatic carbocycles. The number of nitrogens with two attached hydrogens (primary N) is 1. The highest BCUT2D eigenvalue weighted by Crippen LogP contribution is 2.11. The Hall–Kier alpha value is -2.07. The van der Waals surface area contributed by atoms with Gasteiger partial charge in [-0.3, -0.25) is 4.79 Å². The summed E-state index contributed by atoms with van der Waals surface area (Å²) in [6, 6.07) is 13.2. The van der Waals surface area contributed by atoms with Crippen LogP contribution in [0.15, 0.2) is 48.7 Å². The zero-order valence-corrected chi connectivity index (χ0v) is 10.5. The van der Waals surface area contributed by atoms with Crippen molar-refractivity contribution < 1.29 is 4.79 Å². The number of carbonyl (C=O) groups is 1. The summed E-state index contributed by atoms with van der Waals surface area (Å²) in [5, 5.41) is 3.10. The van der Waals surface area contributed by atoms with Gasteiger partial charge in [-0.1, -0.05) is 30.3 Å². The molecular formula is C13H14ClN3O. The smallest absolute Gasteiger partial charge is 0.252 e. The lowest BCUT2D eigenvalue weighted by atomic mass is 10.2. The minimum Gasteiger partial charge on any atom is -0.365 e. The lowest BCUT2D eigenvalue weighted by molar-refractivity contribution is 0.100. The first-order valence-electron chi connectivity index (χ1n) is 5.30. The fourth-order valence-electron chi connectivity index (χ4n) is 1.53. The molecule has 3 N–H and O–H groups in total. The number of hydrogen-bond acceptors (Lipinski definition) is 3. The molecule has 0 saturated heterocycles. The second-order valence-corrected chi connectivity index (χ2v) is 3.60. The largest absolute Gasteiger partial charge is 0.365 e. The van der Waals surface area contributed by atoms with Crippen molar-refractivity contribution in [2.45, 2.75) is 6.54 Å². The van der Waals surface area contributed by atoms with Crippen molar-refractivity contribution in [2.75, 3.05) is 5.32 Å². The zero-order chi connectivity index (χ0) is 12.1. The average Bonchev–Trinajstić information content (AvgIpc) is 2.38. The number of nitrogens with one attached hydrogen (secondary N) is 1. The molecule has 0 bridgehead atoms. The van der Waals surface area contributed by atoms with E-state index >= 15 is 0 Å². The molecule has 0 fully saturated rings. The highest BCUT2D eigenvalue weighted by atomic mass is 35.5. The number of amides is 1. The number of hydrogen-bond donors (Lipinski definition) is 2. The normalized spacial score (nSPS) is 9.33. The molecule has 2 rings (SSSR count). The maximum absolute atomic E-state index is 11.2. The molecule has 0 aliphatic heterocycles. The zero-order valence-electron chi connectivity index (χ0n) is 9.67. The van der Waals surface area contributed by atoms with Crippen LogP contribution in [0.2, 0.25) is 0 Å². The second kappa shape index (κ2) is 6.61. The maximum atomic E-state index is 11.2. The molecule has 0 aliphatic rings.